The van der Waals surface area contributed by atoms with Crippen LogP contribution >= 0.6 is 11.6 Å². The molecule has 1 aromatic carbocycles. The van der Waals surface area contributed by atoms with Crippen molar-refractivity contribution in [2.75, 3.05) is 12.4 Å². The van der Waals surface area contributed by atoms with Crippen LogP contribution in [0.25, 0.3) is 5.65 Å². The lowest BCUT2D eigenvalue weighted by molar-refractivity contribution is -0.122. The third-order valence-electron chi connectivity index (χ3n) is 3.85. The van der Waals surface area contributed by atoms with Crippen LogP contribution < -0.4 is 16.3 Å². The van der Waals surface area contributed by atoms with Crippen LogP contribution in [0.5, 0.6) is 0 Å². The number of anilines is 1. The second kappa shape index (κ2) is 7.12. The molecule has 3 aromatic rings. The van der Waals surface area contributed by atoms with Gasteiger partial charge in [0, 0.05) is 19.4 Å². The number of hydrogen-bond acceptors (Lipinski definition) is 5. The van der Waals surface area contributed by atoms with E-state index < -0.39 is 23.5 Å². The molecule has 0 aliphatic heterocycles. The zero-order valence-electron chi connectivity index (χ0n) is 14.0. The summed E-state index contributed by atoms with van der Waals surface area (Å²) in [5, 5.41) is 9.68. The molecule has 2 aromatic heterocycles. The quantitative estimate of drug-likeness (QED) is 0.703. The molecular weight excluding hydrogens is 363 g/mol. The summed E-state index contributed by atoms with van der Waals surface area (Å²) in [4.78, 5) is 28.7. The molecule has 26 heavy (non-hydrogen) atoms. The predicted octanol–water partition coefficient (Wildman–Crippen LogP) is 1.60. The van der Waals surface area contributed by atoms with Gasteiger partial charge in [-0.05, 0) is 24.6 Å². The van der Waals surface area contributed by atoms with Crippen molar-refractivity contribution in [3.8, 4) is 0 Å². The van der Waals surface area contributed by atoms with E-state index >= 15 is 0 Å². The molecule has 0 fully saturated rings. The largest absolute Gasteiger partial charge is 0.370 e. The third kappa shape index (κ3) is 3.38. The molecule has 0 unspecified atom stereocenters. The van der Waals surface area contributed by atoms with E-state index in [9.17, 15) is 14.0 Å². The van der Waals surface area contributed by atoms with Crippen LogP contribution in [-0.4, -0.2) is 32.1 Å². The van der Waals surface area contributed by atoms with Crippen molar-refractivity contribution in [1.82, 2.24) is 24.5 Å². The van der Waals surface area contributed by atoms with E-state index in [0.29, 0.717) is 17.0 Å². The predicted molar refractivity (Wildman–Crippen MR) is 94.8 cm³/mol. The highest BCUT2D eigenvalue weighted by molar-refractivity contribution is 6.30. The molecule has 10 heteroatoms. The van der Waals surface area contributed by atoms with E-state index in [1.165, 1.54) is 28.9 Å². The van der Waals surface area contributed by atoms with Crippen molar-refractivity contribution in [2.24, 2.45) is 0 Å². The molecule has 1 atom stereocenters. The zero-order chi connectivity index (χ0) is 18.8. The van der Waals surface area contributed by atoms with E-state index in [-0.39, 0.29) is 11.6 Å². The summed E-state index contributed by atoms with van der Waals surface area (Å²) >= 11 is 5.66. The van der Waals surface area contributed by atoms with Crippen LogP contribution in [0.4, 0.5) is 10.2 Å². The summed E-state index contributed by atoms with van der Waals surface area (Å²) in [5.74, 6) is -0.569. The molecular formula is C16H16ClFN6O2. The number of aromatic nitrogens is 4. The molecule has 136 valence electrons. The summed E-state index contributed by atoms with van der Waals surface area (Å²) in [6, 6.07) is 3.85. The van der Waals surface area contributed by atoms with Gasteiger partial charge in [0.1, 0.15) is 12.4 Å². The fraction of sp³-hybridized carbons (Fsp3) is 0.250. The van der Waals surface area contributed by atoms with Gasteiger partial charge in [0.2, 0.25) is 11.6 Å². The summed E-state index contributed by atoms with van der Waals surface area (Å²) in [7, 11) is 1.66. The first-order valence-corrected chi connectivity index (χ1v) is 8.14. The zero-order valence-corrected chi connectivity index (χ0v) is 14.8. The Balaban J connectivity index is 1.77. The number of halogens is 2. The fourth-order valence-electron chi connectivity index (χ4n) is 2.52. The van der Waals surface area contributed by atoms with Gasteiger partial charge in [0.15, 0.2) is 5.82 Å². The second-order valence-electron chi connectivity index (χ2n) is 5.62. The first-order valence-electron chi connectivity index (χ1n) is 7.77. The number of fused-ring (bicyclic) bond motifs is 1. The monoisotopic (exact) mass is 378 g/mol. The highest BCUT2D eigenvalue weighted by Gasteiger charge is 2.16. The Labute approximate surface area is 152 Å². The average Bonchev–Trinajstić information content (AvgIpc) is 2.93. The minimum absolute atomic E-state index is 0.0116. The van der Waals surface area contributed by atoms with Crippen molar-refractivity contribution in [1.29, 1.82) is 0 Å². The Morgan fingerprint density at radius 3 is 2.88 bits per heavy atom. The fourth-order valence-corrected chi connectivity index (χ4v) is 2.63. The Morgan fingerprint density at radius 2 is 2.19 bits per heavy atom. The smallest absolute Gasteiger partial charge is 0.350 e. The van der Waals surface area contributed by atoms with Crippen LogP contribution in [0.15, 0.2) is 35.4 Å². The summed E-state index contributed by atoms with van der Waals surface area (Å²) < 4.78 is 15.9. The van der Waals surface area contributed by atoms with E-state index in [1.807, 2.05) is 0 Å². The summed E-state index contributed by atoms with van der Waals surface area (Å²) in [6.45, 7) is 1.43. The maximum atomic E-state index is 13.6. The molecule has 8 nitrogen and oxygen atoms in total. The van der Waals surface area contributed by atoms with Gasteiger partial charge in [-0.1, -0.05) is 17.7 Å². The standard InChI is InChI=1S/C16H16ClFN6O2/c1-9(10-3-4-11(17)12(18)7-10)21-13(25)8-24-16(26)23-6-5-20-14(19-2)15(23)22-24/h3-7,9H,8H2,1-2H3,(H,19,20)(H,21,25)/t9-/m0/s1. The van der Waals surface area contributed by atoms with Crippen LogP contribution in [-0.2, 0) is 11.3 Å². The highest BCUT2D eigenvalue weighted by atomic mass is 35.5. The van der Waals surface area contributed by atoms with Crippen LogP contribution in [0.1, 0.15) is 18.5 Å². The SMILES string of the molecule is CNc1nccn2c(=O)n(CC(=O)N[C@@H](C)c3ccc(Cl)c(F)c3)nc12. The number of nitrogens with zero attached hydrogens (tertiary/aromatic N) is 4. The maximum Gasteiger partial charge on any atom is 0.350 e. The van der Waals surface area contributed by atoms with Gasteiger partial charge in [0.05, 0.1) is 11.1 Å². The average molecular weight is 379 g/mol. The number of carbonyl (C=O) groups is 1. The first-order chi connectivity index (χ1) is 12.4. The van der Waals surface area contributed by atoms with Crippen LogP contribution in [0, 0.1) is 5.82 Å². The Hall–Kier alpha value is -2.94. The van der Waals surface area contributed by atoms with Crippen molar-refractivity contribution >= 4 is 29.0 Å². The lowest BCUT2D eigenvalue weighted by Crippen LogP contribution is -2.34. The molecule has 2 heterocycles. The number of benzene rings is 1. The first kappa shape index (κ1) is 17.9. The lowest BCUT2D eigenvalue weighted by Gasteiger charge is -2.14. The third-order valence-corrected chi connectivity index (χ3v) is 4.16. The molecule has 1 amide bonds. The normalized spacial score (nSPS) is 12.2. The number of amides is 1. The van der Waals surface area contributed by atoms with Gasteiger partial charge in [-0.3, -0.25) is 4.79 Å². The second-order valence-corrected chi connectivity index (χ2v) is 6.03. The van der Waals surface area contributed by atoms with Gasteiger partial charge >= 0.3 is 5.69 Å². The van der Waals surface area contributed by atoms with Crippen molar-refractivity contribution in [2.45, 2.75) is 19.5 Å². The molecule has 0 spiro atoms. The summed E-state index contributed by atoms with van der Waals surface area (Å²) in [5.41, 5.74) is 0.420. The van der Waals surface area contributed by atoms with Crippen molar-refractivity contribution in [3.63, 3.8) is 0 Å². The molecule has 0 aliphatic rings. The van der Waals surface area contributed by atoms with Gasteiger partial charge in [0.25, 0.3) is 0 Å². The number of hydrogen-bond donors (Lipinski definition) is 2. The van der Waals surface area contributed by atoms with E-state index in [1.54, 1.807) is 20.0 Å². The molecule has 2 N–H and O–H groups in total. The minimum atomic E-state index is -0.561. The topological polar surface area (TPSA) is 93.3 Å². The van der Waals surface area contributed by atoms with Crippen LogP contribution in [0.2, 0.25) is 5.02 Å². The number of carbonyl (C=O) groups excluding carboxylic acids is 1. The summed E-state index contributed by atoms with van der Waals surface area (Å²) in [6.07, 6.45) is 2.93. The maximum absolute atomic E-state index is 13.6. The Morgan fingerprint density at radius 1 is 1.42 bits per heavy atom. The van der Waals surface area contributed by atoms with Crippen molar-refractivity contribution in [3.05, 3.63) is 57.5 Å². The molecule has 0 bridgehead atoms. The molecule has 0 saturated carbocycles. The molecule has 0 saturated heterocycles. The van der Waals surface area contributed by atoms with Gasteiger partial charge in [-0.25, -0.2) is 23.3 Å². The van der Waals surface area contributed by atoms with Crippen molar-refractivity contribution < 1.29 is 9.18 Å². The van der Waals surface area contributed by atoms with Crippen LogP contribution in [0.3, 0.4) is 0 Å². The van der Waals surface area contributed by atoms with Gasteiger partial charge in [-0.2, -0.15) is 0 Å². The molecule has 3 rings (SSSR count). The molecule has 0 radical (unpaired) electrons. The Bertz CT molecular complexity index is 1030. The highest BCUT2D eigenvalue weighted by Crippen LogP contribution is 2.20. The lowest BCUT2D eigenvalue weighted by atomic mass is 10.1. The van der Waals surface area contributed by atoms with E-state index in [0.717, 1.165) is 4.68 Å². The van der Waals surface area contributed by atoms with Gasteiger partial charge in [-0.15, -0.1) is 5.10 Å². The minimum Gasteiger partial charge on any atom is -0.370 e. The number of rotatable bonds is 5. The van der Waals surface area contributed by atoms with E-state index in [4.69, 9.17) is 11.6 Å². The van der Waals surface area contributed by atoms with Gasteiger partial charge < -0.3 is 10.6 Å². The molecule has 0 aliphatic carbocycles. The Kier molecular flexibility index (Phi) is 4.90. The van der Waals surface area contributed by atoms with E-state index in [2.05, 4.69) is 20.7 Å². The number of nitrogens with one attached hydrogen (secondary N) is 2.